The van der Waals surface area contributed by atoms with Gasteiger partial charge in [-0.1, -0.05) is 23.2 Å². The number of oxazole rings is 1. The van der Waals surface area contributed by atoms with Crippen molar-refractivity contribution in [3.05, 3.63) is 46.4 Å². The topological polar surface area (TPSA) is 46.3 Å². The number of phenolic OH excluding ortho intramolecular Hbond substituents is 1. The molecule has 0 spiro atoms. The molecule has 0 saturated carbocycles. The lowest BCUT2D eigenvalue weighted by atomic mass is 10.2. The summed E-state index contributed by atoms with van der Waals surface area (Å²) in [6, 6.07) is 9.87. The van der Waals surface area contributed by atoms with Gasteiger partial charge in [0.15, 0.2) is 5.58 Å². The molecule has 3 nitrogen and oxygen atoms in total. The molecule has 0 aliphatic heterocycles. The van der Waals surface area contributed by atoms with Crippen LogP contribution in [0.25, 0.3) is 22.6 Å². The zero-order valence-corrected chi connectivity index (χ0v) is 10.5. The lowest BCUT2D eigenvalue weighted by molar-refractivity contribution is 0.475. The molecule has 3 aromatic rings. The number of phenols is 1. The minimum Gasteiger partial charge on any atom is -0.508 e. The van der Waals surface area contributed by atoms with Gasteiger partial charge < -0.3 is 9.52 Å². The first-order chi connectivity index (χ1) is 8.63. The van der Waals surface area contributed by atoms with Crippen LogP contribution in [-0.4, -0.2) is 10.1 Å². The number of aromatic nitrogens is 1. The zero-order chi connectivity index (χ0) is 12.7. The number of rotatable bonds is 1. The summed E-state index contributed by atoms with van der Waals surface area (Å²) in [4.78, 5) is 4.32. The maximum Gasteiger partial charge on any atom is 0.227 e. The molecular weight excluding hydrogens is 273 g/mol. The Hall–Kier alpha value is -1.71. The highest BCUT2D eigenvalue weighted by atomic mass is 35.5. The van der Waals surface area contributed by atoms with Crippen molar-refractivity contribution in [2.75, 3.05) is 0 Å². The minimum atomic E-state index is 0.191. The van der Waals surface area contributed by atoms with Gasteiger partial charge in [-0.3, -0.25) is 0 Å². The van der Waals surface area contributed by atoms with Gasteiger partial charge in [0.2, 0.25) is 5.89 Å². The SMILES string of the molecule is Oc1ccc(-c2nc3cc(Cl)cc(Cl)c3o2)cc1. The number of aromatic hydroxyl groups is 1. The first kappa shape index (κ1) is 11.4. The van der Waals surface area contributed by atoms with Gasteiger partial charge in [-0.25, -0.2) is 4.98 Å². The standard InChI is InChI=1S/C13H7Cl2NO2/c14-8-5-10(15)12-11(6-8)16-13(18-12)7-1-3-9(17)4-2-7/h1-6,17H. The predicted octanol–water partition coefficient (Wildman–Crippen LogP) is 4.51. The molecule has 1 aromatic heterocycles. The molecule has 0 saturated heterocycles. The lowest BCUT2D eigenvalue weighted by Crippen LogP contribution is -1.75. The molecule has 0 aliphatic rings. The van der Waals surface area contributed by atoms with Crippen LogP contribution < -0.4 is 0 Å². The van der Waals surface area contributed by atoms with Crippen molar-refractivity contribution in [3.63, 3.8) is 0 Å². The number of hydrogen-bond donors (Lipinski definition) is 1. The Morgan fingerprint density at radius 1 is 1.06 bits per heavy atom. The summed E-state index contributed by atoms with van der Waals surface area (Å²) in [5.74, 6) is 0.630. The number of nitrogens with zero attached hydrogens (tertiary/aromatic N) is 1. The molecule has 90 valence electrons. The molecule has 5 heteroatoms. The Morgan fingerprint density at radius 3 is 2.50 bits per heavy atom. The third-order valence-corrected chi connectivity index (χ3v) is 3.02. The van der Waals surface area contributed by atoms with E-state index in [0.717, 1.165) is 5.56 Å². The molecule has 0 fully saturated rings. The number of fused-ring (bicyclic) bond motifs is 1. The van der Waals surface area contributed by atoms with E-state index < -0.39 is 0 Å². The molecular formula is C13H7Cl2NO2. The molecule has 2 aromatic carbocycles. The smallest absolute Gasteiger partial charge is 0.227 e. The van der Waals surface area contributed by atoms with Crippen LogP contribution in [0.3, 0.4) is 0 Å². The highest BCUT2D eigenvalue weighted by Crippen LogP contribution is 2.32. The van der Waals surface area contributed by atoms with E-state index in [1.54, 1.807) is 36.4 Å². The Labute approximate surface area is 113 Å². The van der Waals surface area contributed by atoms with E-state index in [0.29, 0.717) is 27.0 Å². The molecule has 0 unspecified atom stereocenters. The highest BCUT2D eigenvalue weighted by molar-refractivity contribution is 6.38. The summed E-state index contributed by atoms with van der Waals surface area (Å²) >= 11 is 11.9. The normalized spacial score (nSPS) is 11.0. The first-order valence-corrected chi connectivity index (χ1v) is 5.94. The maximum absolute atomic E-state index is 9.23. The Kier molecular flexibility index (Phi) is 2.65. The van der Waals surface area contributed by atoms with Crippen molar-refractivity contribution < 1.29 is 9.52 Å². The van der Waals surface area contributed by atoms with Crippen molar-refractivity contribution in [1.82, 2.24) is 4.98 Å². The third-order valence-electron chi connectivity index (χ3n) is 2.52. The fraction of sp³-hybridized carbons (Fsp3) is 0. The van der Waals surface area contributed by atoms with E-state index in [1.807, 2.05) is 0 Å². The summed E-state index contributed by atoms with van der Waals surface area (Å²) in [6.45, 7) is 0. The molecule has 0 bridgehead atoms. The van der Waals surface area contributed by atoms with E-state index in [4.69, 9.17) is 27.6 Å². The van der Waals surface area contributed by atoms with Gasteiger partial charge >= 0.3 is 0 Å². The van der Waals surface area contributed by atoms with Gasteiger partial charge in [-0.05, 0) is 36.4 Å². The second-order valence-corrected chi connectivity index (χ2v) is 4.65. The van der Waals surface area contributed by atoms with Crippen LogP contribution in [0.2, 0.25) is 10.0 Å². The second-order valence-electron chi connectivity index (χ2n) is 3.80. The number of halogens is 2. The largest absolute Gasteiger partial charge is 0.508 e. The van der Waals surface area contributed by atoms with Crippen molar-refractivity contribution >= 4 is 34.3 Å². The third kappa shape index (κ3) is 1.92. The number of benzene rings is 2. The van der Waals surface area contributed by atoms with Gasteiger partial charge in [0.05, 0.1) is 5.02 Å². The Bertz CT molecular complexity index is 720. The van der Waals surface area contributed by atoms with Crippen LogP contribution >= 0.6 is 23.2 Å². The van der Waals surface area contributed by atoms with E-state index in [9.17, 15) is 5.11 Å². The van der Waals surface area contributed by atoms with Crippen molar-refractivity contribution in [3.8, 4) is 17.2 Å². The average Bonchev–Trinajstić information content (AvgIpc) is 2.74. The predicted molar refractivity (Wildman–Crippen MR) is 71.1 cm³/mol. The van der Waals surface area contributed by atoms with E-state index in [2.05, 4.69) is 4.98 Å². The van der Waals surface area contributed by atoms with Gasteiger partial charge in [0.25, 0.3) is 0 Å². The molecule has 18 heavy (non-hydrogen) atoms. The van der Waals surface area contributed by atoms with Crippen LogP contribution in [-0.2, 0) is 0 Å². The average molecular weight is 280 g/mol. The Morgan fingerprint density at radius 2 is 1.78 bits per heavy atom. The highest BCUT2D eigenvalue weighted by Gasteiger charge is 2.11. The fourth-order valence-corrected chi connectivity index (χ4v) is 2.21. The van der Waals surface area contributed by atoms with Crippen molar-refractivity contribution in [1.29, 1.82) is 0 Å². The summed E-state index contributed by atoms with van der Waals surface area (Å²) in [6.07, 6.45) is 0. The first-order valence-electron chi connectivity index (χ1n) is 5.18. The van der Waals surface area contributed by atoms with Gasteiger partial charge in [-0.15, -0.1) is 0 Å². The fourth-order valence-electron chi connectivity index (χ4n) is 1.69. The van der Waals surface area contributed by atoms with Crippen LogP contribution in [0.4, 0.5) is 0 Å². The summed E-state index contributed by atoms with van der Waals surface area (Å²) < 4.78 is 5.60. The van der Waals surface area contributed by atoms with E-state index in [1.165, 1.54) is 0 Å². The van der Waals surface area contributed by atoms with E-state index >= 15 is 0 Å². The van der Waals surface area contributed by atoms with E-state index in [-0.39, 0.29) is 5.75 Å². The molecule has 1 N–H and O–H groups in total. The zero-order valence-electron chi connectivity index (χ0n) is 9.02. The van der Waals surface area contributed by atoms with Crippen LogP contribution in [0, 0.1) is 0 Å². The van der Waals surface area contributed by atoms with Crippen molar-refractivity contribution in [2.24, 2.45) is 0 Å². The van der Waals surface area contributed by atoms with Gasteiger partial charge in [-0.2, -0.15) is 0 Å². The number of hydrogen-bond acceptors (Lipinski definition) is 3. The van der Waals surface area contributed by atoms with Crippen LogP contribution in [0.1, 0.15) is 0 Å². The molecule has 0 aliphatic carbocycles. The Balaban J connectivity index is 2.19. The summed E-state index contributed by atoms with van der Waals surface area (Å²) in [5, 5.41) is 10.2. The maximum atomic E-state index is 9.23. The van der Waals surface area contributed by atoms with Crippen LogP contribution in [0.15, 0.2) is 40.8 Å². The summed E-state index contributed by atoms with van der Waals surface area (Å²) in [7, 11) is 0. The second kappa shape index (κ2) is 4.19. The molecule has 1 heterocycles. The molecule has 0 amide bonds. The van der Waals surface area contributed by atoms with Crippen molar-refractivity contribution in [2.45, 2.75) is 0 Å². The minimum absolute atomic E-state index is 0.191. The molecule has 0 radical (unpaired) electrons. The van der Waals surface area contributed by atoms with Crippen LogP contribution in [0.5, 0.6) is 5.75 Å². The lowest BCUT2D eigenvalue weighted by Gasteiger charge is -1.94. The quantitative estimate of drug-likeness (QED) is 0.713. The molecule has 0 atom stereocenters. The van der Waals surface area contributed by atoms with Gasteiger partial charge in [0.1, 0.15) is 11.3 Å². The molecule has 3 rings (SSSR count). The monoisotopic (exact) mass is 279 g/mol. The van der Waals surface area contributed by atoms with Gasteiger partial charge in [0, 0.05) is 10.6 Å². The summed E-state index contributed by atoms with van der Waals surface area (Å²) in [5.41, 5.74) is 1.87.